The van der Waals surface area contributed by atoms with Crippen molar-refractivity contribution in [1.29, 1.82) is 0 Å². The van der Waals surface area contributed by atoms with Crippen LogP contribution in [0.3, 0.4) is 0 Å². The van der Waals surface area contributed by atoms with Gasteiger partial charge in [-0.2, -0.15) is 0 Å². The fourth-order valence-electron chi connectivity index (χ4n) is 7.12. The molecule has 6 unspecified atom stereocenters. The second kappa shape index (κ2) is 4.86. The molecule has 3 fully saturated rings. The lowest BCUT2D eigenvalue weighted by Crippen LogP contribution is -2.59. The van der Waals surface area contributed by atoms with Crippen LogP contribution in [0.1, 0.15) is 72.6 Å². The highest BCUT2D eigenvalue weighted by Crippen LogP contribution is 2.67. The first-order chi connectivity index (χ1) is 11.0. The van der Waals surface area contributed by atoms with Crippen molar-refractivity contribution in [3.05, 3.63) is 11.6 Å². The first-order valence-corrected chi connectivity index (χ1v) is 9.85. The van der Waals surface area contributed by atoms with Gasteiger partial charge in [-0.25, -0.2) is 0 Å². The summed E-state index contributed by atoms with van der Waals surface area (Å²) in [6.07, 6.45) is 8.48. The average molecular weight is 335 g/mol. The van der Waals surface area contributed by atoms with Crippen LogP contribution in [0.15, 0.2) is 11.6 Å². The molecule has 3 saturated carbocycles. The van der Waals surface area contributed by atoms with Gasteiger partial charge < -0.3 is 15.3 Å². The van der Waals surface area contributed by atoms with E-state index in [1.54, 1.807) is 0 Å². The number of hydrogen-bond acceptors (Lipinski definition) is 3. The molecule has 0 aromatic heterocycles. The Morgan fingerprint density at radius 2 is 1.62 bits per heavy atom. The van der Waals surface area contributed by atoms with Gasteiger partial charge in [0.2, 0.25) is 0 Å². The Labute approximate surface area is 146 Å². The van der Waals surface area contributed by atoms with E-state index in [0.29, 0.717) is 18.3 Å². The number of aliphatic hydroxyl groups is 3. The maximum absolute atomic E-state index is 11.4. The van der Waals surface area contributed by atoms with E-state index in [1.165, 1.54) is 5.57 Å². The third kappa shape index (κ3) is 2.13. The molecule has 0 saturated heterocycles. The van der Waals surface area contributed by atoms with Crippen molar-refractivity contribution in [1.82, 2.24) is 0 Å². The Balaban J connectivity index is 1.79. The fourth-order valence-corrected chi connectivity index (χ4v) is 7.12. The molecule has 4 rings (SSSR count). The SMILES string of the molecule is CC12CC[C@](C)(O)CC1=C[C@](C)(O)C1C2CCC2(C)C(O)CCC12. The van der Waals surface area contributed by atoms with Gasteiger partial charge in [0.1, 0.15) is 0 Å². The zero-order valence-corrected chi connectivity index (χ0v) is 15.7. The summed E-state index contributed by atoms with van der Waals surface area (Å²) in [5, 5.41) is 32.5. The van der Waals surface area contributed by atoms with Gasteiger partial charge in [0, 0.05) is 0 Å². The van der Waals surface area contributed by atoms with Crippen LogP contribution >= 0.6 is 0 Å². The molecule has 4 aliphatic rings. The third-order valence-electron chi connectivity index (χ3n) is 8.67. The van der Waals surface area contributed by atoms with E-state index in [0.717, 1.165) is 38.5 Å². The van der Waals surface area contributed by atoms with Crippen molar-refractivity contribution < 1.29 is 15.3 Å². The third-order valence-corrected chi connectivity index (χ3v) is 8.67. The predicted molar refractivity (Wildman–Crippen MR) is 94.3 cm³/mol. The summed E-state index contributed by atoms with van der Waals surface area (Å²) in [6.45, 7) is 8.51. The smallest absolute Gasteiger partial charge is 0.0836 e. The van der Waals surface area contributed by atoms with E-state index in [2.05, 4.69) is 19.9 Å². The highest BCUT2D eigenvalue weighted by molar-refractivity contribution is 5.32. The molecule has 0 aromatic carbocycles. The van der Waals surface area contributed by atoms with Crippen molar-refractivity contribution in [2.24, 2.45) is 28.6 Å². The second-order valence-electron chi connectivity index (χ2n) is 10.4. The van der Waals surface area contributed by atoms with Crippen LogP contribution in [0.25, 0.3) is 0 Å². The molecule has 3 N–H and O–H groups in total. The topological polar surface area (TPSA) is 60.7 Å². The maximum atomic E-state index is 11.4. The molecule has 0 aromatic rings. The first kappa shape index (κ1) is 17.1. The van der Waals surface area contributed by atoms with Crippen molar-refractivity contribution in [3.8, 4) is 0 Å². The van der Waals surface area contributed by atoms with Crippen LogP contribution in [-0.4, -0.2) is 32.6 Å². The molecule has 0 aliphatic heterocycles. The minimum Gasteiger partial charge on any atom is -0.393 e. The molecule has 0 bridgehead atoms. The highest BCUT2D eigenvalue weighted by Gasteiger charge is 2.63. The van der Waals surface area contributed by atoms with E-state index in [9.17, 15) is 15.3 Å². The first-order valence-electron chi connectivity index (χ1n) is 9.85. The standard InChI is InChI=1S/C21H34O3/c1-18(23)9-10-19(2)13(11-18)12-21(4,24)17-14-5-6-16(22)20(14,3)8-7-15(17)19/h12,14-17,22-24H,5-11H2,1-4H3/t14?,15?,16?,17?,18-,19?,20?,21-/m0/s1. The summed E-state index contributed by atoms with van der Waals surface area (Å²) in [6, 6.07) is 0. The van der Waals surface area contributed by atoms with Crippen LogP contribution in [0.5, 0.6) is 0 Å². The molecule has 4 aliphatic carbocycles. The summed E-state index contributed by atoms with van der Waals surface area (Å²) in [4.78, 5) is 0. The van der Waals surface area contributed by atoms with Crippen molar-refractivity contribution in [2.75, 3.05) is 0 Å². The lowest BCUT2D eigenvalue weighted by Gasteiger charge is -2.62. The summed E-state index contributed by atoms with van der Waals surface area (Å²) >= 11 is 0. The van der Waals surface area contributed by atoms with E-state index in [-0.39, 0.29) is 22.9 Å². The lowest BCUT2D eigenvalue weighted by molar-refractivity contribution is -0.142. The Morgan fingerprint density at radius 1 is 0.917 bits per heavy atom. The molecule has 0 radical (unpaired) electrons. The summed E-state index contributed by atoms with van der Waals surface area (Å²) < 4.78 is 0. The molecule has 24 heavy (non-hydrogen) atoms. The van der Waals surface area contributed by atoms with E-state index in [1.807, 2.05) is 13.8 Å². The van der Waals surface area contributed by atoms with Gasteiger partial charge in [0.05, 0.1) is 17.3 Å². The minimum absolute atomic E-state index is 0.0347. The number of hydrogen-bond donors (Lipinski definition) is 3. The normalized spacial score (nSPS) is 60.0. The fraction of sp³-hybridized carbons (Fsp3) is 0.905. The summed E-state index contributed by atoms with van der Waals surface area (Å²) in [7, 11) is 0. The molecular formula is C21H34O3. The van der Waals surface area contributed by atoms with Gasteiger partial charge in [-0.15, -0.1) is 0 Å². The zero-order chi connectivity index (χ0) is 17.5. The number of aliphatic hydroxyl groups excluding tert-OH is 1. The van der Waals surface area contributed by atoms with Gasteiger partial charge in [-0.3, -0.25) is 0 Å². The summed E-state index contributed by atoms with van der Waals surface area (Å²) in [5.74, 6) is 1.09. The quantitative estimate of drug-likeness (QED) is 0.595. The van der Waals surface area contributed by atoms with Crippen molar-refractivity contribution >= 4 is 0 Å². The second-order valence-corrected chi connectivity index (χ2v) is 10.4. The molecule has 0 heterocycles. The van der Waals surface area contributed by atoms with Crippen LogP contribution in [0.2, 0.25) is 0 Å². The van der Waals surface area contributed by atoms with Crippen molar-refractivity contribution in [3.63, 3.8) is 0 Å². The molecule has 0 spiro atoms. The van der Waals surface area contributed by atoms with Gasteiger partial charge in [0.25, 0.3) is 0 Å². The molecule has 136 valence electrons. The monoisotopic (exact) mass is 334 g/mol. The Hall–Kier alpha value is -0.380. The molecule has 3 heteroatoms. The Kier molecular flexibility index (Phi) is 3.46. The van der Waals surface area contributed by atoms with Gasteiger partial charge >= 0.3 is 0 Å². The van der Waals surface area contributed by atoms with Gasteiger partial charge in [-0.1, -0.05) is 25.5 Å². The highest BCUT2D eigenvalue weighted by atomic mass is 16.3. The van der Waals surface area contributed by atoms with Crippen LogP contribution in [-0.2, 0) is 0 Å². The van der Waals surface area contributed by atoms with E-state index in [4.69, 9.17) is 0 Å². The average Bonchev–Trinajstić information content (AvgIpc) is 2.76. The summed E-state index contributed by atoms with van der Waals surface area (Å²) in [5.41, 5.74) is -0.131. The van der Waals surface area contributed by atoms with Crippen LogP contribution < -0.4 is 0 Å². The van der Waals surface area contributed by atoms with Gasteiger partial charge in [0.15, 0.2) is 0 Å². The maximum Gasteiger partial charge on any atom is 0.0836 e. The zero-order valence-electron chi connectivity index (χ0n) is 15.7. The van der Waals surface area contributed by atoms with Crippen molar-refractivity contribution in [2.45, 2.75) is 89.9 Å². The Morgan fingerprint density at radius 3 is 2.33 bits per heavy atom. The predicted octanol–water partition coefficient (Wildman–Crippen LogP) is 3.42. The lowest BCUT2D eigenvalue weighted by atomic mass is 9.44. The Bertz CT molecular complexity index is 578. The van der Waals surface area contributed by atoms with E-state index >= 15 is 0 Å². The molecular weight excluding hydrogens is 300 g/mol. The molecule has 3 nitrogen and oxygen atoms in total. The molecule has 8 atom stereocenters. The number of rotatable bonds is 0. The van der Waals surface area contributed by atoms with Gasteiger partial charge in [-0.05, 0) is 87.4 Å². The van der Waals surface area contributed by atoms with E-state index < -0.39 is 11.2 Å². The number of fused-ring (bicyclic) bond motifs is 5. The van der Waals surface area contributed by atoms with Crippen LogP contribution in [0, 0.1) is 28.6 Å². The molecule has 0 amide bonds. The minimum atomic E-state index is -0.830. The van der Waals surface area contributed by atoms with Crippen LogP contribution in [0.4, 0.5) is 0 Å². The largest absolute Gasteiger partial charge is 0.393 e.